The number of Topliss-reactive ketones (excluding diaryl/α,β-unsaturated/α-hetero) is 1. The summed E-state index contributed by atoms with van der Waals surface area (Å²) in [6.45, 7) is 2.90. The quantitative estimate of drug-likeness (QED) is 0.167. The molecule has 1 aliphatic rings. The van der Waals surface area contributed by atoms with E-state index in [4.69, 9.17) is 16.2 Å². The Balaban J connectivity index is 2.13. The number of nitrogens with two attached hydrogens (primary N) is 2. The largest absolute Gasteiger partial charge is 0.496 e. The van der Waals surface area contributed by atoms with Crippen LogP contribution in [-0.2, 0) is 14.4 Å². The number of hydrogen-bond donors (Lipinski definition) is 4. The standard InChI is InChI=1S/C25H37FN6O5/c1-15(2)21(31-22(34)16-8-4-5-11-20(16)37-3)24(36)32-13-7-10-18(32)23(35)30-17(19(33)14-26)9-6-12-29-25(27)28/h4-5,8,11,15,17-18,21H,6-7,9-10,12-14H2,1-3H3,(H,30,35)(H,31,34)(H4,27,28,29)/t17-,18-,21-/m0/s1. The summed E-state index contributed by atoms with van der Waals surface area (Å²) < 4.78 is 18.4. The number of nitrogens with one attached hydrogen (secondary N) is 2. The Hall–Kier alpha value is -3.70. The molecular weight excluding hydrogens is 483 g/mol. The molecule has 0 spiro atoms. The molecule has 3 amide bonds. The molecule has 1 aliphatic heterocycles. The highest BCUT2D eigenvalue weighted by Crippen LogP contribution is 2.22. The number of para-hydroxylation sites is 1. The number of aliphatic imine (C=N–C) groups is 1. The Morgan fingerprint density at radius 2 is 1.89 bits per heavy atom. The van der Waals surface area contributed by atoms with Gasteiger partial charge in [0.15, 0.2) is 11.7 Å². The van der Waals surface area contributed by atoms with E-state index >= 15 is 0 Å². The molecule has 0 unspecified atom stereocenters. The zero-order chi connectivity index (χ0) is 27.5. The number of rotatable bonds is 13. The number of halogens is 1. The van der Waals surface area contributed by atoms with Crippen LogP contribution in [0.15, 0.2) is 29.3 Å². The van der Waals surface area contributed by atoms with Crippen LogP contribution in [0.25, 0.3) is 0 Å². The van der Waals surface area contributed by atoms with E-state index in [0.717, 1.165) is 0 Å². The minimum Gasteiger partial charge on any atom is -0.496 e. The van der Waals surface area contributed by atoms with Crippen molar-refractivity contribution in [2.24, 2.45) is 22.4 Å². The third-order valence-corrected chi connectivity index (χ3v) is 6.19. The maximum Gasteiger partial charge on any atom is 0.255 e. The number of hydrogen-bond acceptors (Lipinski definition) is 6. The summed E-state index contributed by atoms with van der Waals surface area (Å²) in [7, 11) is 1.45. The predicted molar refractivity (Wildman–Crippen MR) is 137 cm³/mol. The highest BCUT2D eigenvalue weighted by molar-refractivity contribution is 6.00. The lowest BCUT2D eigenvalue weighted by Gasteiger charge is -2.31. The normalized spacial score (nSPS) is 16.6. The second-order valence-electron chi connectivity index (χ2n) is 9.20. The van der Waals surface area contributed by atoms with Gasteiger partial charge in [-0.15, -0.1) is 0 Å². The molecule has 12 heteroatoms. The Morgan fingerprint density at radius 1 is 1.19 bits per heavy atom. The predicted octanol–water partition coefficient (Wildman–Crippen LogP) is 0.518. The minimum absolute atomic E-state index is 0.102. The first kappa shape index (κ1) is 29.5. The van der Waals surface area contributed by atoms with Gasteiger partial charge in [-0.2, -0.15) is 0 Å². The number of likely N-dealkylation sites (tertiary alicyclic amines) is 1. The maximum atomic E-state index is 13.5. The molecule has 0 aliphatic carbocycles. The Bertz CT molecular complexity index is 998. The molecule has 3 atom stereocenters. The third kappa shape index (κ3) is 8.16. The first-order valence-corrected chi connectivity index (χ1v) is 12.3. The molecule has 204 valence electrons. The third-order valence-electron chi connectivity index (χ3n) is 6.19. The summed E-state index contributed by atoms with van der Waals surface area (Å²) in [5.41, 5.74) is 10.9. The van der Waals surface area contributed by atoms with Crippen LogP contribution in [0.2, 0.25) is 0 Å². The average molecular weight is 521 g/mol. The monoisotopic (exact) mass is 520 g/mol. The molecule has 0 radical (unpaired) electrons. The maximum absolute atomic E-state index is 13.5. The van der Waals surface area contributed by atoms with Gasteiger partial charge in [0, 0.05) is 13.1 Å². The molecule has 11 nitrogen and oxygen atoms in total. The van der Waals surface area contributed by atoms with Gasteiger partial charge in [0.2, 0.25) is 11.8 Å². The van der Waals surface area contributed by atoms with E-state index in [9.17, 15) is 23.6 Å². The van der Waals surface area contributed by atoms with E-state index in [1.807, 2.05) is 0 Å². The van der Waals surface area contributed by atoms with E-state index < -0.39 is 48.3 Å². The first-order chi connectivity index (χ1) is 17.6. The number of carbonyl (C=O) groups excluding carboxylic acids is 4. The van der Waals surface area contributed by atoms with E-state index in [1.165, 1.54) is 12.0 Å². The van der Waals surface area contributed by atoms with Crippen molar-refractivity contribution in [3.8, 4) is 5.75 Å². The molecule has 1 aromatic carbocycles. The van der Waals surface area contributed by atoms with Crippen LogP contribution < -0.4 is 26.8 Å². The second kappa shape index (κ2) is 14.1. The number of nitrogens with zero attached hydrogens (tertiary/aromatic N) is 2. The van der Waals surface area contributed by atoms with Gasteiger partial charge in [0.05, 0.1) is 18.7 Å². The van der Waals surface area contributed by atoms with Crippen LogP contribution in [0.5, 0.6) is 5.75 Å². The molecule has 1 aromatic rings. The van der Waals surface area contributed by atoms with Crippen molar-refractivity contribution in [1.82, 2.24) is 15.5 Å². The number of carbonyl (C=O) groups is 4. The van der Waals surface area contributed by atoms with Crippen LogP contribution in [0, 0.1) is 5.92 Å². The lowest BCUT2D eigenvalue weighted by molar-refractivity contribution is -0.141. The molecule has 37 heavy (non-hydrogen) atoms. The molecule has 1 heterocycles. The van der Waals surface area contributed by atoms with E-state index in [0.29, 0.717) is 31.6 Å². The smallest absolute Gasteiger partial charge is 0.255 e. The zero-order valence-electron chi connectivity index (χ0n) is 21.5. The molecule has 1 saturated heterocycles. The molecule has 0 saturated carbocycles. The van der Waals surface area contributed by atoms with Gasteiger partial charge in [-0.3, -0.25) is 24.2 Å². The number of amides is 3. The summed E-state index contributed by atoms with van der Waals surface area (Å²) in [4.78, 5) is 56.9. The van der Waals surface area contributed by atoms with Gasteiger partial charge in [-0.1, -0.05) is 26.0 Å². The van der Waals surface area contributed by atoms with Gasteiger partial charge >= 0.3 is 0 Å². The number of ether oxygens (including phenoxy) is 1. The van der Waals surface area contributed by atoms with Crippen molar-refractivity contribution in [2.75, 3.05) is 26.9 Å². The van der Waals surface area contributed by atoms with Crippen molar-refractivity contribution < 1.29 is 28.3 Å². The van der Waals surface area contributed by atoms with Gasteiger partial charge in [0.1, 0.15) is 24.5 Å². The lowest BCUT2D eigenvalue weighted by atomic mass is 10.0. The first-order valence-electron chi connectivity index (χ1n) is 12.3. The molecule has 0 aromatic heterocycles. The highest BCUT2D eigenvalue weighted by atomic mass is 19.1. The number of benzene rings is 1. The number of alkyl halides is 1. The van der Waals surface area contributed by atoms with Crippen molar-refractivity contribution >= 4 is 29.5 Å². The summed E-state index contributed by atoms with van der Waals surface area (Å²) >= 11 is 0. The Morgan fingerprint density at radius 3 is 2.51 bits per heavy atom. The SMILES string of the molecule is COc1ccccc1C(=O)N[C@H](C(=O)N1CCC[C@H]1C(=O)N[C@@H](CCCN=C(N)N)C(=O)CF)C(C)C. The summed E-state index contributed by atoms with van der Waals surface area (Å²) in [5, 5.41) is 5.37. The minimum atomic E-state index is -1.23. The summed E-state index contributed by atoms with van der Waals surface area (Å²) in [6.07, 6.45) is 1.45. The molecule has 0 bridgehead atoms. The van der Waals surface area contributed by atoms with Crippen molar-refractivity contribution in [1.29, 1.82) is 0 Å². The second-order valence-corrected chi connectivity index (χ2v) is 9.20. The molecule has 1 fully saturated rings. The van der Waals surface area contributed by atoms with Crippen LogP contribution in [0.1, 0.15) is 49.9 Å². The van der Waals surface area contributed by atoms with Crippen LogP contribution in [-0.4, -0.2) is 79.4 Å². The van der Waals surface area contributed by atoms with Crippen molar-refractivity contribution in [3.05, 3.63) is 29.8 Å². The number of ketones is 1. The van der Waals surface area contributed by atoms with Gasteiger partial charge in [-0.05, 0) is 43.7 Å². The number of methoxy groups -OCH3 is 1. The highest BCUT2D eigenvalue weighted by Gasteiger charge is 2.39. The fourth-order valence-corrected chi connectivity index (χ4v) is 4.22. The zero-order valence-corrected chi connectivity index (χ0v) is 21.5. The van der Waals surface area contributed by atoms with E-state index in [1.54, 1.807) is 38.1 Å². The number of guanidine groups is 1. The summed E-state index contributed by atoms with van der Waals surface area (Å²) in [5.74, 6) is -2.19. The Kier molecular flexibility index (Phi) is 11.3. The van der Waals surface area contributed by atoms with Crippen LogP contribution in [0.4, 0.5) is 4.39 Å². The molecule has 6 N–H and O–H groups in total. The summed E-state index contributed by atoms with van der Waals surface area (Å²) in [6, 6.07) is 3.87. The van der Waals surface area contributed by atoms with Gasteiger partial charge < -0.3 is 31.7 Å². The van der Waals surface area contributed by atoms with Crippen LogP contribution in [0.3, 0.4) is 0 Å². The van der Waals surface area contributed by atoms with Crippen LogP contribution >= 0.6 is 0 Å². The van der Waals surface area contributed by atoms with E-state index in [-0.39, 0.29) is 30.4 Å². The van der Waals surface area contributed by atoms with Gasteiger partial charge in [-0.25, -0.2) is 4.39 Å². The van der Waals surface area contributed by atoms with Gasteiger partial charge in [0.25, 0.3) is 5.91 Å². The fourth-order valence-electron chi connectivity index (χ4n) is 4.22. The van der Waals surface area contributed by atoms with E-state index in [2.05, 4.69) is 15.6 Å². The Labute approximate surface area is 216 Å². The van der Waals surface area contributed by atoms with Crippen molar-refractivity contribution in [3.63, 3.8) is 0 Å². The fraction of sp³-hybridized carbons (Fsp3) is 0.560. The topological polar surface area (TPSA) is 169 Å². The lowest BCUT2D eigenvalue weighted by Crippen LogP contribution is -2.56. The molecule has 2 rings (SSSR count). The average Bonchev–Trinajstić information content (AvgIpc) is 3.37. The molecular formula is C25H37FN6O5. The van der Waals surface area contributed by atoms with Crippen molar-refractivity contribution in [2.45, 2.75) is 57.7 Å².